The third-order valence-electron chi connectivity index (χ3n) is 2.77. The highest BCUT2D eigenvalue weighted by Gasteiger charge is 2.16. The zero-order valence-corrected chi connectivity index (χ0v) is 10.8. The predicted octanol–water partition coefficient (Wildman–Crippen LogP) is 2.01. The van der Waals surface area contributed by atoms with Crippen molar-refractivity contribution < 1.29 is 0 Å². The van der Waals surface area contributed by atoms with Crippen LogP contribution in [0, 0.1) is 0 Å². The van der Waals surface area contributed by atoms with Crippen LogP contribution in [-0.2, 0) is 0 Å². The van der Waals surface area contributed by atoms with E-state index in [1.54, 1.807) is 0 Å². The van der Waals surface area contributed by atoms with Gasteiger partial charge in [-0.25, -0.2) is 0 Å². The molecule has 5 heteroatoms. The van der Waals surface area contributed by atoms with Gasteiger partial charge in [0, 0.05) is 11.7 Å². The molecule has 2 heterocycles. The van der Waals surface area contributed by atoms with Crippen molar-refractivity contribution in [1.82, 2.24) is 15.2 Å². The number of anilines is 1. The molecule has 0 fully saturated rings. The van der Waals surface area contributed by atoms with Crippen molar-refractivity contribution in [3.05, 3.63) is 30.5 Å². The fraction of sp³-hybridized carbons (Fsp3) is 0.385. The quantitative estimate of drug-likeness (QED) is 0.753. The van der Waals surface area contributed by atoms with Crippen molar-refractivity contribution in [1.29, 1.82) is 0 Å². The predicted molar refractivity (Wildman–Crippen MR) is 73.2 cm³/mol. The summed E-state index contributed by atoms with van der Waals surface area (Å²) < 4.78 is 0. The second-order valence-corrected chi connectivity index (χ2v) is 4.94. The zero-order chi connectivity index (χ0) is 13.0. The smallest absolute Gasteiger partial charge is 0.149 e. The number of hydrogen-bond acceptors (Lipinski definition) is 4. The molecule has 0 saturated carbocycles. The lowest BCUT2D eigenvalue weighted by molar-refractivity contribution is 0.523. The Balaban J connectivity index is 2.09. The molecular weight excluding hydrogens is 226 g/mol. The van der Waals surface area contributed by atoms with E-state index in [9.17, 15) is 0 Å². The van der Waals surface area contributed by atoms with Crippen LogP contribution >= 0.6 is 0 Å². The highest BCUT2D eigenvalue weighted by atomic mass is 15.2. The highest BCUT2D eigenvalue weighted by Crippen LogP contribution is 2.18. The van der Waals surface area contributed by atoms with Crippen LogP contribution in [0.2, 0.25) is 0 Å². The van der Waals surface area contributed by atoms with Crippen LogP contribution in [-0.4, -0.2) is 27.3 Å². The second kappa shape index (κ2) is 5.18. The maximum Gasteiger partial charge on any atom is 0.149 e. The molecule has 0 saturated heterocycles. The Morgan fingerprint density at radius 2 is 2.11 bits per heavy atom. The van der Waals surface area contributed by atoms with Gasteiger partial charge in [0.05, 0.1) is 5.69 Å². The average molecular weight is 245 g/mol. The lowest BCUT2D eigenvalue weighted by Crippen LogP contribution is -2.33. The SMILES string of the molecule is CC(C)(CCN)Nc1ccc(-c2ccc[nH]2)nn1. The van der Waals surface area contributed by atoms with Crippen molar-refractivity contribution in [2.45, 2.75) is 25.8 Å². The minimum Gasteiger partial charge on any atom is -0.364 e. The van der Waals surface area contributed by atoms with Gasteiger partial charge in [-0.15, -0.1) is 10.2 Å². The molecule has 2 rings (SSSR count). The summed E-state index contributed by atoms with van der Waals surface area (Å²) in [6.07, 6.45) is 2.75. The van der Waals surface area contributed by atoms with Crippen LogP contribution in [0.3, 0.4) is 0 Å². The van der Waals surface area contributed by atoms with Crippen molar-refractivity contribution in [3.8, 4) is 11.4 Å². The van der Waals surface area contributed by atoms with Crippen LogP contribution in [0.4, 0.5) is 5.82 Å². The van der Waals surface area contributed by atoms with Crippen LogP contribution in [0.25, 0.3) is 11.4 Å². The summed E-state index contributed by atoms with van der Waals surface area (Å²) in [4.78, 5) is 3.10. The van der Waals surface area contributed by atoms with Gasteiger partial charge in [-0.05, 0) is 51.1 Å². The number of aromatic amines is 1. The van der Waals surface area contributed by atoms with Crippen molar-refractivity contribution in [2.75, 3.05) is 11.9 Å². The fourth-order valence-corrected chi connectivity index (χ4v) is 1.80. The summed E-state index contributed by atoms with van der Waals surface area (Å²) in [6.45, 7) is 4.84. The van der Waals surface area contributed by atoms with Gasteiger partial charge < -0.3 is 16.0 Å². The maximum absolute atomic E-state index is 5.58. The van der Waals surface area contributed by atoms with Crippen molar-refractivity contribution in [2.24, 2.45) is 5.73 Å². The standard InChI is InChI=1S/C13H19N5/c1-13(2,7-8-14)16-12-6-5-11(17-18-12)10-4-3-9-15-10/h3-6,9,15H,7-8,14H2,1-2H3,(H,16,18). The third-order valence-corrected chi connectivity index (χ3v) is 2.77. The molecule has 4 N–H and O–H groups in total. The first-order valence-corrected chi connectivity index (χ1v) is 6.06. The van der Waals surface area contributed by atoms with Crippen molar-refractivity contribution >= 4 is 5.82 Å². The Morgan fingerprint density at radius 1 is 1.28 bits per heavy atom. The molecule has 2 aromatic rings. The molecule has 2 aromatic heterocycles. The molecule has 0 spiro atoms. The minimum absolute atomic E-state index is 0.0720. The molecule has 0 radical (unpaired) electrons. The van der Waals surface area contributed by atoms with Crippen LogP contribution in [0.1, 0.15) is 20.3 Å². The highest BCUT2D eigenvalue weighted by molar-refractivity contribution is 5.55. The summed E-state index contributed by atoms with van der Waals surface area (Å²) in [5, 5.41) is 11.7. The zero-order valence-electron chi connectivity index (χ0n) is 10.8. The molecule has 0 aromatic carbocycles. The molecule has 0 aliphatic heterocycles. The number of nitrogens with zero attached hydrogens (tertiary/aromatic N) is 2. The fourth-order valence-electron chi connectivity index (χ4n) is 1.80. The summed E-state index contributed by atoms with van der Waals surface area (Å²) >= 11 is 0. The molecule has 0 aliphatic rings. The van der Waals surface area contributed by atoms with Crippen molar-refractivity contribution in [3.63, 3.8) is 0 Å². The van der Waals surface area contributed by atoms with Gasteiger partial charge in [0.2, 0.25) is 0 Å². The molecule has 0 unspecified atom stereocenters. The molecule has 0 bridgehead atoms. The Kier molecular flexibility index (Phi) is 3.62. The van der Waals surface area contributed by atoms with Gasteiger partial charge in [-0.1, -0.05) is 0 Å². The van der Waals surface area contributed by atoms with Gasteiger partial charge in [-0.2, -0.15) is 0 Å². The monoisotopic (exact) mass is 245 g/mol. The van der Waals surface area contributed by atoms with E-state index >= 15 is 0 Å². The van der Waals surface area contributed by atoms with E-state index in [-0.39, 0.29) is 5.54 Å². The lowest BCUT2D eigenvalue weighted by atomic mass is 10.0. The number of H-pyrrole nitrogens is 1. The molecule has 0 aliphatic carbocycles. The number of aromatic nitrogens is 3. The lowest BCUT2D eigenvalue weighted by Gasteiger charge is -2.25. The van der Waals surface area contributed by atoms with Gasteiger partial charge in [0.25, 0.3) is 0 Å². The number of nitrogens with two attached hydrogens (primary N) is 1. The minimum atomic E-state index is -0.0720. The largest absolute Gasteiger partial charge is 0.364 e. The number of rotatable bonds is 5. The number of hydrogen-bond donors (Lipinski definition) is 3. The topological polar surface area (TPSA) is 79.6 Å². The van der Waals surface area contributed by atoms with Crippen LogP contribution in [0.5, 0.6) is 0 Å². The Hall–Kier alpha value is -1.88. The van der Waals surface area contributed by atoms with Gasteiger partial charge >= 0.3 is 0 Å². The Morgan fingerprint density at radius 3 is 2.67 bits per heavy atom. The molecule has 5 nitrogen and oxygen atoms in total. The summed E-state index contributed by atoms with van der Waals surface area (Å²) in [5.41, 5.74) is 7.31. The van der Waals surface area contributed by atoms with E-state index in [1.807, 2.05) is 30.5 Å². The van der Waals surface area contributed by atoms with Gasteiger partial charge in [0.15, 0.2) is 0 Å². The first-order chi connectivity index (χ1) is 8.61. The molecule has 0 atom stereocenters. The summed E-state index contributed by atoms with van der Waals surface area (Å²) in [5.74, 6) is 0.767. The van der Waals surface area contributed by atoms with Gasteiger partial charge in [-0.3, -0.25) is 0 Å². The Bertz CT molecular complexity index is 473. The van der Waals surface area contributed by atoms with E-state index in [4.69, 9.17) is 5.73 Å². The average Bonchev–Trinajstić information content (AvgIpc) is 2.82. The molecular formula is C13H19N5. The van der Waals surface area contributed by atoms with E-state index < -0.39 is 0 Å². The van der Waals surface area contributed by atoms with E-state index in [1.165, 1.54) is 0 Å². The van der Waals surface area contributed by atoms with Crippen LogP contribution < -0.4 is 11.1 Å². The van der Waals surface area contributed by atoms with E-state index in [0.29, 0.717) is 6.54 Å². The maximum atomic E-state index is 5.58. The first-order valence-electron chi connectivity index (χ1n) is 6.06. The first kappa shape index (κ1) is 12.6. The summed E-state index contributed by atoms with van der Waals surface area (Å²) in [7, 11) is 0. The van der Waals surface area contributed by atoms with Crippen LogP contribution in [0.15, 0.2) is 30.5 Å². The van der Waals surface area contributed by atoms with E-state index in [2.05, 4.69) is 34.3 Å². The Labute approximate surface area is 107 Å². The molecule has 18 heavy (non-hydrogen) atoms. The normalized spacial score (nSPS) is 11.5. The third kappa shape index (κ3) is 3.07. The number of nitrogens with one attached hydrogen (secondary N) is 2. The van der Waals surface area contributed by atoms with Gasteiger partial charge in [0.1, 0.15) is 11.5 Å². The molecule has 0 amide bonds. The summed E-state index contributed by atoms with van der Waals surface area (Å²) in [6, 6.07) is 7.78. The van der Waals surface area contributed by atoms with E-state index in [0.717, 1.165) is 23.6 Å². The second-order valence-electron chi connectivity index (χ2n) is 4.94. The molecule has 96 valence electrons.